The van der Waals surface area contributed by atoms with Crippen molar-refractivity contribution in [3.05, 3.63) is 42.1 Å². The number of carbonyl (C=O) groups excluding carboxylic acids is 1. The van der Waals surface area contributed by atoms with Crippen molar-refractivity contribution >= 4 is 5.97 Å². The average Bonchev–Trinajstić information content (AvgIpc) is 3.12. The SMILES string of the molecule is COC(=O)c1cc(C2CC2)cc(-n2ccnc2)n1. The van der Waals surface area contributed by atoms with Crippen molar-refractivity contribution in [2.24, 2.45) is 0 Å². The number of nitrogens with zero attached hydrogens (tertiary/aromatic N) is 3. The fraction of sp³-hybridized carbons (Fsp3) is 0.308. The molecule has 0 saturated heterocycles. The van der Waals surface area contributed by atoms with Crippen molar-refractivity contribution in [2.45, 2.75) is 18.8 Å². The number of imidazole rings is 1. The van der Waals surface area contributed by atoms with Crippen LogP contribution < -0.4 is 0 Å². The van der Waals surface area contributed by atoms with E-state index in [4.69, 9.17) is 4.74 Å². The fourth-order valence-corrected chi connectivity index (χ4v) is 1.92. The molecule has 2 heterocycles. The predicted molar refractivity (Wildman–Crippen MR) is 64.7 cm³/mol. The molecule has 3 rings (SSSR count). The minimum Gasteiger partial charge on any atom is -0.464 e. The van der Waals surface area contributed by atoms with Gasteiger partial charge in [-0.25, -0.2) is 14.8 Å². The third-order valence-electron chi connectivity index (χ3n) is 3.05. The van der Waals surface area contributed by atoms with Gasteiger partial charge < -0.3 is 4.74 Å². The molecule has 0 spiro atoms. The van der Waals surface area contributed by atoms with Crippen LogP contribution in [0.1, 0.15) is 34.8 Å². The molecule has 0 aromatic carbocycles. The molecule has 0 N–H and O–H groups in total. The van der Waals surface area contributed by atoms with Gasteiger partial charge in [-0.2, -0.15) is 0 Å². The van der Waals surface area contributed by atoms with Crippen LogP contribution in [0, 0.1) is 0 Å². The van der Waals surface area contributed by atoms with E-state index in [1.54, 1.807) is 23.3 Å². The Morgan fingerprint density at radius 3 is 2.89 bits per heavy atom. The monoisotopic (exact) mass is 243 g/mol. The van der Waals surface area contributed by atoms with Gasteiger partial charge in [0.2, 0.25) is 0 Å². The molecule has 1 saturated carbocycles. The normalized spacial score (nSPS) is 14.5. The molecule has 0 bridgehead atoms. The van der Waals surface area contributed by atoms with Crippen molar-refractivity contribution < 1.29 is 9.53 Å². The third kappa shape index (κ3) is 1.99. The molecule has 0 unspecified atom stereocenters. The number of ether oxygens (including phenoxy) is 1. The quantitative estimate of drug-likeness (QED) is 0.773. The van der Waals surface area contributed by atoms with E-state index < -0.39 is 5.97 Å². The summed E-state index contributed by atoms with van der Waals surface area (Å²) in [6, 6.07) is 3.83. The summed E-state index contributed by atoms with van der Waals surface area (Å²) in [6.45, 7) is 0. The maximum absolute atomic E-state index is 11.6. The van der Waals surface area contributed by atoms with Gasteiger partial charge in [0, 0.05) is 12.4 Å². The number of methoxy groups -OCH3 is 1. The lowest BCUT2D eigenvalue weighted by molar-refractivity contribution is 0.0594. The Bertz CT molecular complexity index is 574. The number of rotatable bonds is 3. The summed E-state index contributed by atoms with van der Waals surface area (Å²) in [6.07, 6.45) is 7.51. The standard InChI is InChI=1S/C13H13N3O2/c1-18-13(17)11-6-10(9-2-3-9)7-12(15-11)16-5-4-14-8-16/h4-9H,2-3H2,1H3. The van der Waals surface area contributed by atoms with Crippen molar-refractivity contribution in [3.63, 3.8) is 0 Å². The van der Waals surface area contributed by atoms with Gasteiger partial charge in [-0.3, -0.25) is 4.57 Å². The molecule has 1 fully saturated rings. The van der Waals surface area contributed by atoms with Gasteiger partial charge in [0.05, 0.1) is 7.11 Å². The molecule has 1 aliphatic rings. The molecule has 92 valence electrons. The summed E-state index contributed by atoms with van der Waals surface area (Å²) in [7, 11) is 1.37. The van der Waals surface area contributed by atoms with E-state index in [0.717, 1.165) is 5.56 Å². The Balaban J connectivity index is 2.07. The van der Waals surface area contributed by atoms with Crippen molar-refractivity contribution in [1.29, 1.82) is 0 Å². The summed E-state index contributed by atoms with van der Waals surface area (Å²) in [5, 5.41) is 0. The lowest BCUT2D eigenvalue weighted by atomic mass is 10.1. The second kappa shape index (κ2) is 4.25. The zero-order valence-corrected chi connectivity index (χ0v) is 10.0. The Labute approximate surface area is 104 Å². The molecule has 18 heavy (non-hydrogen) atoms. The van der Waals surface area contributed by atoms with E-state index in [1.807, 2.05) is 12.1 Å². The molecule has 2 aromatic heterocycles. The van der Waals surface area contributed by atoms with Gasteiger partial charge in [-0.1, -0.05) is 0 Å². The molecule has 0 radical (unpaired) electrons. The lowest BCUT2D eigenvalue weighted by Crippen LogP contribution is -2.08. The first kappa shape index (κ1) is 11.0. The van der Waals surface area contributed by atoms with Gasteiger partial charge in [0.25, 0.3) is 0 Å². The van der Waals surface area contributed by atoms with Crippen molar-refractivity contribution in [1.82, 2.24) is 14.5 Å². The minimum absolute atomic E-state index is 0.352. The number of esters is 1. The first-order valence-electron chi connectivity index (χ1n) is 5.86. The van der Waals surface area contributed by atoms with Crippen molar-refractivity contribution in [3.8, 4) is 5.82 Å². The number of hydrogen-bond donors (Lipinski definition) is 0. The number of hydrogen-bond acceptors (Lipinski definition) is 4. The van der Waals surface area contributed by atoms with Crippen LogP contribution in [0.3, 0.4) is 0 Å². The summed E-state index contributed by atoms with van der Waals surface area (Å²) in [5.41, 5.74) is 1.50. The van der Waals surface area contributed by atoms with Crippen LogP contribution in [0.25, 0.3) is 5.82 Å². The Hall–Kier alpha value is -2.17. The Morgan fingerprint density at radius 1 is 1.44 bits per heavy atom. The number of carbonyl (C=O) groups is 1. The van der Waals surface area contributed by atoms with E-state index in [-0.39, 0.29) is 0 Å². The van der Waals surface area contributed by atoms with E-state index in [1.165, 1.54) is 20.0 Å². The smallest absolute Gasteiger partial charge is 0.356 e. The fourth-order valence-electron chi connectivity index (χ4n) is 1.92. The highest BCUT2D eigenvalue weighted by Crippen LogP contribution is 2.40. The van der Waals surface area contributed by atoms with E-state index >= 15 is 0 Å². The van der Waals surface area contributed by atoms with Gasteiger partial charge in [-0.15, -0.1) is 0 Å². The molecule has 2 aromatic rings. The highest BCUT2D eigenvalue weighted by Gasteiger charge is 2.25. The van der Waals surface area contributed by atoms with Crippen LogP contribution in [0.4, 0.5) is 0 Å². The maximum Gasteiger partial charge on any atom is 0.356 e. The molecule has 5 heteroatoms. The van der Waals surface area contributed by atoms with Gasteiger partial charge in [0.1, 0.15) is 12.1 Å². The number of pyridine rings is 1. The molecule has 0 atom stereocenters. The largest absolute Gasteiger partial charge is 0.464 e. The number of aromatic nitrogens is 3. The molecule has 5 nitrogen and oxygen atoms in total. The molecular formula is C13H13N3O2. The molecular weight excluding hydrogens is 230 g/mol. The van der Waals surface area contributed by atoms with Crippen LogP contribution in [0.5, 0.6) is 0 Å². The lowest BCUT2D eigenvalue weighted by Gasteiger charge is -2.07. The van der Waals surface area contributed by atoms with Gasteiger partial charge in [-0.05, 0) is 36.5 Å². The molecule has 1 aliphatic carbocycles. The summed E-state index contributed by atoms with van der Waals surface area (Å²) >= 11 is 0. The van der Waals surface area contributed by atoms with Crippen LogP contribution in [-0.2, 0) is 4.74 Å². The van der Waals surface area contributed by atoms with Crippen molar-refractivity contribution in [2.75, 3.05) is 7.11 Å². The molecule has 0 amide bonds. The highest BCUT2D eigenvalue weighted by molar-refractivity contribution is 5.87. The van der Waals surface area contributed by atoms with Crippen LogP contribution in [0.15, 0.2) is 30.9 Å². The van der Waals surface area contributed by atoms with Crippen LogP contribution in [-0.4, -0.2) is 27.6 Å². The van der Waals surface area contributed by atoms with E-state index in [0.29, 0.717) is 17.4 Å². The summed E-state index contributed by atoms with van der Waals surface area (Å²) in [5.74, 6) is 0.856. The maximum atomic E-state index is 11.6. The summed E-state index contributed by atoms with van der Waals surface area (Å²) < 4.78 is 6.53. The topological polar surface area (TPSA) is 57.0 Å². The van der Waals surface area contributed by atoms with Gasteiger partial charge in [0.15, 0.2) is 5.69 Å². The Kier molecular flexibility index (Phi) is 2.59. The van der Waals surface area contributed by atoms with Crippen LogP contribution in [0.2, 0.25) is 0 Å². The minimum atomic E-state index is -0.404. The zero-order chi connectivity index (χ0) is 12.5. The Morgan fingerprint density at radius 2 is 2.28 bits per heavy atom. The summed E-state index contributed by atoms with van der Waals surface area (Å²) in [4.78, 5) is 19.9. The molecule has 0 aliphatic heterocycles. The third-order valence-corrected chi connectivity index (χ3v) is 3.05. The van der Waals surface area contributed by atoms with E-state index in [2.05, 4.69) is 9.97 Å². The first-order valence-corrected chi connectivity index (χ1v) is 5.86. The first-order chi connectivity index (χ1) is 8.78. The van der Waals surface area contributed by atoms with Crippen LogP contribution >= 0.6 is 0 Å². The highest BCUT2D eigenvalue weighted by atomic mass is 16.5. The van der Waals surface area contributed by atoms with E-state index in [9.17, 15) is 4.79 Å². The second-order valence-corrected chi connectivity index (χ2v) is 4.38. The predicted octanol–water partition coefficient (Wildman–Crippen LogP) is 1.93. The average molecular weight is 243 g/mol. The van der Waals surface area contributed by atoms with Gasteiger partial charge >= 0.3 is 5.97 Å². The second-order valence-electron chi connectivity index (χ2n) is 4.38. The zero-order valence-electron chi connectivity index (χ0n) is 10.0.